The van der Waals surface area contributed by atoms with Crippen LogP contribution in [0.5, 0.6) is 0 Å². The van der Waals surface area contributed by atoms with Crippen LogP contribution in [0.15, 0.2) is 46.7 Å². The standard InChI is InChI=1S/C11H9ClN2OS/c12-9-3-2-8(7-15)10(6-9)16-11-13-4-1-5-14-11/h1-6,15H,7H2. The van der Waals surface area contributed by atoms with Gasteiger partial charge in [0, 0.05) is 22.3 Å². The van der Waals surface area contributed by atoms with Gasteiger partial charge in [-0.15, -0.1) is 0 Å². The third kappa shape index (κ3) is 2.72. The highest BCUT2D eigenvalue weighted by molar-refractivity contribution is 7.99. The molecule has 0 saturated carbocycles. The van der Waals surface area contributed by atoms with Gasteiger partial charge in [0.2, 0.25) is 0 Å². The van der Waals surface area contributed by atoms with Gasteiger partial charge in [0.15, 0.2) is 5.16 Å². The normalized spacial score (nSPS) is 10.4. The van der Waals surface area contributed by atoms with Crippen LogP contribution in [0.3, 0.4) is 0 Å². The molecule has 3 nitrogen and oxygen atoms in total. The summed E-state index contributed by atoms with van der Waals surface area (Å²) in [4.78, 5) is 9.09. The average molecular weight is 253 g/mol. The zero-order valence-corrected chi connectivity index (χ0v) is 9.87. The summed E-state index contributed by atoms with van der Waals surface area (Å²) in [6, 6.07) is 7.11. The van der Waals surface area contributed by atoms with Gasteiger partial charge in [0.25, 0.3) is 0 Å². The molecule has 0 bridgehead atoms. The number of aliphatic hydroxyl groups excluding tert-OH is 1. The van der Waals surface area contributed by atoms with E-state index in [-0.39, 0.29) is 6.61 Å². The van der Waals surface area contributed by atoms with E-state index in [1.54, 1.807) is 36.7 Å². The topological polar surface area (TPSA) is 46.0 Å². The second kappa shape index (κ2) is 5.30. The van der Waals surface area contributed by atoms with Crippen LogP contribution in [0.4, 0.5) is 0 Å². The minimum Gasteiger partial charge on any atom is -0.392 e. The fourth-order valence-electron chi connectivity index (χ4n) is 1.19. The molecule has 1 heterocycles. The molecular formula is C11H9ClN2OS. The van der Waals surface area contributed by atoms with Gasteiger partial charge in [-0.05, 0) is 35.5 Å². The first-order valence-corrected chi connectivity index (χ1v) is 5.83. The molecule has 0 unspecified atom stereocenters. The Morgan fingerprint density at radius 2 is 2.00 bits per heavy atom. The molecule has 0 amide bonds. The number of hydrogen-bond acceptors (Lipinski definition) is 4. The number of halogens is 1. The van der Waals surface area contributed by atoms with Gasteiger partial charge >= 0.3 is 0 Å². The molecule has 0 radical (unpaired) electrons. The maximum atomic E-state index is 9.19. The molecule has 82 valence electrons. The lowest BCUT2D eigenvalue weighted by atomic mass is 10.2. The van der Waals surface area contributed by atoms with Crippen molar-refractivity contribution in [3.05, 3.63) is 47.2 Å². The summed E-state index contributed by atoms with van der Waals surface area (Å²) in [5.41, 5.74) is 0.821. The number of aliphatic hydroxyl groups is 1. The maximum Gasteiger partial charge on any atom is 0.192 e. The van der Waals surface area contributed by atoms with Gasteiger partial charge in [-0.1, -0.05) is 17.7 Å². The van der Waals surface area contributed by atoms with Crippen molar-refractivity contribution in [2.45, 2.75) is 16.7 Å². The Morgan fingerprint density at radius 3 is 2.69 bits per heavy atom. The molecule has 1 N–H and O–H groups in total. The Labute approximate surface area is 103 Å². The van der Waals surface area contributed by atoms with Gasteiger partial charge in [0.1, 0.15) is 0 Å². The van der Waals surface area contributed by atoms with E-state index in [0.29, 0.717) is 10.2 Å². The molecular weight excluding hydrogens is 244 g/mol. The highest BCUT2D eigenvalue weighted by Crippen LogP contribution is 2.30. The Morgan fingerprint density at radius 1 is 1.25 bits per heavy atom. The lowest BCUT2D eigenvalue weighted by Gasteiger charge is -2.05. The Kier molecular flexibility index (Phi) is 3.77. The van der Waals surface area contributed by atoms with Crippen LogP contribution in [0, 0.1) is 0 Å². The monoisotopic (exact) mass is 252 g/mol. The van der Waals surface area contributed by atoms with Crippen LogP contribution in [0.2, 0.25) is 5.02 Å². The fourth-order valence-corrected chi connectivity index (χ4v) is 2.30. The van der Waals surface area contributed by atoms with Crippen molar-refractivity contribution in [1.82, 2.24) is 9.97 Å². The summed E-state index contributed by atoms with van der Waals surface area (Å²) in [5.74, 6) is 0. The number of benzene rings is 1. The van der Waals surface area contributed by atoms with Gasteiger partial charge < -0.3 is 5.11 Å². The van der Waals surface area contributed by atoms with Crippen LogP contribution in [-0.4, -0.2) is 15.1 Å². The molecule has 1 aromatic carbocycles. The van der Waals surface area contributed by atoms with Crippen LogP contribution in [0.1, 0.15) is 5.56 Å². The zero-order valence-electron chi connectivity index (χ0n) is 8.30. The molecule has 0 atom stereocenters. The van der Waals surface area contributed by atoms with Crippen molar-refractivity contribution in [2.24, 2.45) is 0 Å². The number of hydrogen-bond donors (Lipinski definition) is 1. The quantitative estimate of drug-likeness (QED) is 0.854. The zero-order chi connectivity index (χ0) is 11.4. The second-order valence-corrected chi connectivity index (χ2v) is 4.49. The molecule has 0 aliphatic heterocycles. The molecule has 5 heteroatoms. The first-order valence-electron chi connectivity index (χ1n) is 4.64. The molecule has 2 rings (SSSR count). The van der Waals surface area contributed by atoms with Crippen LogP contribution in [-0.2, 0) is 6.61 Å². The molecule has 0 saturated heterocycles. The predicted octanol–water partition coefficient (Wildman–Crippen LogP) is 2.77. The highest BCUT2D eigenvalue weighted by atomic mass is 35.5. The third-order valence-electron chi connectivity index (χ3n) is 1.94. The van der Waals surface area contributed by atoms with E-state index in [9.17, 15) is 5.11 Å². The lowest BCUT2D eigenvalue weighted by Crippen LogP contribution is -1.89. The van der Waals surface area contributed by atoms with E-state index in [1.807, 2.05) is 0 Å². The molecule has 0 aliphatic rings. The summed E-state index contributed by atoms with van der Waals surface area (Å²) in [7, 11) is 0. The van der Waals surface area contributed by atoms with Crippen molar-refractivity contribution in [1.29, 1.82) is 0 Å². The Balaban J connectivity index is 2.30. The lowest BCUT2D eigenvalue weighted by molar-refractivity contribution is 0.279. The minimum atomic E-state index is -0.0215. The van der Waals surface area contributed by atoms with Gasteiger partial charge in [-0.3, -0.25) is 0 Å². The smallest absolute Gasteiger partial charge is 0.192 e. The average Bonchev–Trinajstić information content (AvgIpc) is 2.31. The first kappa shape index (κ1) is 11.4. The van der Waals surface area contributed by atoms with Crippen LogP contribution >= 0.6 is 23.4 Å². The number of rotatable bonds is 3. The van der Waals surface area contributed by atoms with Gasteiger partial charge in [0.05, 0.1) is 6.61 Å². The molecule has 0 fully saturated rings. The molecule has 0 spiro atoms. The molecule has 1 aromatic heterocycles. The van der Waals surface area contributed by atoms with E-state index < -0.39 is 0 Å². The Hall–Kier alpha value is -1.10. The molecule has 16 heavy (non-hydrogen) atoms. The first-order chi connectivity index (χ1) is 7.79. The number of aromatic nitrogens is 2. The van der Waals surface area contributed by atoms with Crippen molar-refractivity contribution in [2.75, 3.05) is 0 Å². The van der Waals surface area contributed by atoms with Crippen LogP contribution in [0.25, 0.3) is 0 Å². The van der Waals surface area contributed by atoms with E-state index in [1.165, 1.54) is 11.8 Å². The largest absolute Gasteiger partial charge is 0.392 e. The van der Waals surface area contributed by atoms with Gasteiger partial charge in [-0.25, -0.2) is 9.97 Å². The van der Waals surface area contributed by atoms with Crippen molar-refractivity contribution in [3.63, 3.8) is 0 Å². The summed E-state index contributed by atoms with van der Waals surface area (Å²) >= 11 is 7.29. The van der Waals surface area contributed by atoms with Crippen molar-refractivity contribution >= 4 is 23.4 Å². The third-order valence-corrected chi connectivity index (χ3v) is 3.17. The van der Waals surface area contributed by atoms with Crippen molar-refractivity contribution < 1.29 is 5.11 Å². The van der Waals surface area contributed by atoms with Crippen LogP contribution < -0.4 is 0 Å². The summed E-state index contributed by atoms with van der Waals surface area (Å²) in [6.45, 7) is -0.0215. The second-order valence-electron chi connectivity index (χ2n) is 3.04. The maximum absolute atomic E-state index is 9.19. The SMILES string of the molecule is OCc1ccc(Cl)cc1Sc1ncccn1. The highest BCUT2D eigenvalue weighted by Gasteiger charge is 2.06. The summed E-state index contributed by atoms with van der Waals surface area (Å²) in [6.07, 6.45) is 3.36. The minimum absolute atomic E-state index is 0.0215. The molecule has 2 aromatic rings. The van der Waals surface area contributed by atoms with Crippen molar-refractivity contribution in [3.8, 4) is 0 Å². The summed E-state index contributed by atoms with van der Waals surface area (Å²) in [5, 5.41) is 10.5. The van der Waals surface area contributed by atoms with E-state index in [0.717, 1.165) is 10.5 Å². The predicted molar refractivity (Wildman–Crippen MR) is 63.5 cm³/mol. The number of nitrogens with zero attached hydrogens (tertiary/aromatic N) is 2. The van der Waals surface area contributed by atoms with Gasteiger partial charge in [-0.2, -0.15) is 0 Å². The Bertz CT molecular complexity index is 479. The summed E-state index contributed by atoms with van der Waals surface area (Å²) < 4.78 is 0. The van der Waals surface area contributed by atoms with E-state index in [2.05, 4.69) is 9.97 Å². The fraction of sp³-hybridized carbons (Fsp3) is 0.0909. The van der Waals surface area contributed by atoms with E-state index >= 15 is 0 Å². The molecule has 0 aliphatic carbocycles. The van der Waals surface area contributed by atoms with E-state index in [4.69, 9.17) is 11.6 Å².